The van der Waals surface area contributed by atoms with Gasteiger partial charge in [0.15, 0.2) is 17.3 Å². The van der Waals surface area contributed by atoms with E-state index in [1.165, 1.54) is 0 Å². The molecule has 0 aliphatic heterocycles. The van der Waals surface area contributed by atoms with Gasteiger partial charge in [-0.15, -0.1) is 0 Å². The Balaban J connectivity index is 3.44. The van der Waals surface area contributed by atoms with Crippen LogP contribution in [0.1, 0.15) is 41.5 Å². The van der Waals surface area contributed by atoms with Crippen LogP contribution in [0.3, 0.4) is 0 Å². The van der Waals surface area contributed by atoms with E-state index in [4.69, 9.17) is 0 Å². The maximum absolute atomic E-state index is 12.0. The van der Waals surface area contributed by atoms with Gasteiger partial charge in [-0.05, 0) is 41.5 Å². The molecule has 1 rings (SSSR count). The van der Waals surface area contributed by atoms with Crippen LogP contribution in [0.2, 0.25) is 0 Å². The zero-order valence-electron chi connectivity index (χ0n) is 10.2. The summed E-state index contributed by atoms with van der Waals surface area (Å²) in [4.78, 5) is 36.1. The largest absolute Gasteiger partial charge is 0.298 e. The SMILES string of the molecule is CC1(C)C(=O)C(C)(C)C(=O)C(C)(C)C1=O. The molecule has 84 valence electrons. The van der Waals surface area contributed by atoms with Crippen molar-refractivity contribution < 1.29 is 14.4 Å². The van der Waals surface area contributed by atoms with E-state index >= 15 is 0 Å². The highest BCUT2D eigenvalue weighted by Crippen LogP contribution is 2.46. The van der Waals surface area contributed by atoms with Crippen molar-refractivity contribution in [2.45, 2.75) is 41.5 Å². The van der Waals surface area contributed by atoms with Gasteiger partial charge in [0.25, 0.3) is 0 Å². The minimum absolute atomic E-state index is 0.274. The molecule has 0 aromatic heterocycles. The van der Waals surface area contributed by atoms with Gasteiger partial charge >= 0.3 is 0 Å². The molecular weight excluding hydrogens is 192 g/mol. The summed E-state index contributed by atoms with van der Waals surface area (Å²) in [5.41, 5.74) is -3.16. The van der Waals surface area contributed by atoms with Crippen molar-refractivity contribution in [3.05, 3.63) is 0 Å². The van der Waals surface area contributed by atoms with Gasteiger partial charge in [0.05, 0.1) is 16.2 Å². The van der Waals surface area contributed by atoms with Gasteiger partial charge in [-0.25, -0.2) is 0 Å². The summed E-state index contributed by atoms with van der Waals surface area (Å²) < 4.78 is 0. The van der Waals surface area contributed by atoms with E-state index in [2.05, 4.69) is 0 Å². The van der Waals surface area contributed by atoms with Crippen molar-refractivity contribution in [3.8, 4) is 0 Å². The van der Waals surface area contributed by atoms with E-state index in [0.29, 0.717) is 0 Å². The molecule has 0 aromatic carbocycles. The third-order valence-electron chi connectivity index (χ3n) is 3.41. The minimum Gasteiger partial charge on any atom is -0.298 e. The minimum atomic E-state index is -1.05. The fourth-order valence-electron chi connectivity index (χ4n) is 2.65. The molecule has 0 radical (unpaired) electrons. The first-order valence-corrected chi connectivity index (χ1v) is 5.11. The normalized spacial score (nSPS) is 28.0. The molecule has 1 aliphatic rings. The molecule has 0 heterocycles. The quantitative estimate of drug-likeness (QED) is 0.573. The van der Waals surface area contributed by atoms with Crippen LogP contribution < -0.4 is 0 Å². The number of hydrogen-bond acceptors (Lipinski definition) is 3. The van der Waals surface area contributed by atoms with Crippen LogP contribution in [-0.2, 0) is 14.4 Å². The summed E-state index contributed by atoms with van der Waals surface area (Å²) >= 11 is 0. The van der Waals surface area contributed by atoms with Crippen LogP contribution >= 0.6 is 0 Å². The maximum atomic E-state index is 12.0. The number of rotatable bonds is 0. The fraction of sp³-hybridized carbons (Fsp3) is 0.750. The average molecular weight is 210 g/mol. The Labute approximate surface area is 90.2 Å². The highest BCUT2D eigenvalue weighted by molar-refractivity contribution is 6.29. The molecule has 0 N–H and O–H groups in total. The Morgan fingerprint density at radius 1 is 0.533 bits per heavy atom. The van der Waals surface area contributed by atoms with Crippen LogP contribution in [-0.4, -0.2) is 17.3 Å². The Hall–Kier alpha value is -0.990. The average Bonchev–Trinajstić information content (AvgIpc) is 2.12. The number of ketones is 3. The zero-order chi connectivity index (χ0) is 12.2. The second-order valence-corrected chi connectivity index (χ2v) is 5.86. The highest BCUT2D eigenvalue weighted by Gasteiger charge is 2.61. The lowest BCUT2D eigenvalue weighted by atomic mass is 9.54. The van der Waals surface area contributed by atoms with E-state index in [1.807, 2.05) is 0 Å². The predicted molar refractivity (Wildman–Crippen MR) is 56.4 cm³/mol. The summed E-state index contributed by atoms with van der Waals surface area (Å²) in [5, 5.41) is 0. The van der Waals surface area contributed by atoms with Crippen LogP contribution in [0.4, 0.5) is 0 Å². The molecule has 0 spiro atoms. The first kappa shape index (κ1) is 12.1. The molecule has 0 saturated heterocycles. The van der Waals surface area contributed by atoms with Gasteiger partial charge < -0.3 is 0 Å². The van der Waals surface area contributed by atoms with Gasteiger partial charge in [0.2, 0.25) is 0 Å². The predicted octanol–water partition coefficient (Wildman–Crippen LogP) is 1.79. The first-order chi connectivity index (χ1) is 6.46. The van der Waals surface area contributed by atoms with Gasteiger partial charge in [-0.1, -0.05) is 0 Å². The number of Topliss-reactive ketones (excluding diaryl/α,β-unsaturated/α-hetero) is 3. The van der Waals surface area contributed by atoms with Crippen LogP contribution in [0, 0.1) is 16.2 Å². The Morgan fingerprint density at radius 2 is 0.667 bits per heavy atom. The number of hydrogen-bond donors (Lipinski definition) is 0. The standard InChI is InChI=1S/C12H18O3/c1-10(2)7(13)11(3,4)9(15)12(5,6)8(10)14/h1-6H3. The molecule has 0 aromatic rings. The molecular formula is C12H18O3. The van der Waals surface area contributed by atoms with Crippen LogP contribution in [0.25, 0.3) is 0 Å². The lowest BCUT2D eigenvalue weighted by Crippen LogP contribution is -2.61. The summed E-state index contributed by atoms with van der Waals surface area (Å²) in [6.45, 7) is 9.63. The maximum Gasteiger partial charge on any atom is 0.158 e. The van der Waals surface area contributed by atoms with Gasteiger partial charge in [-0.2, -0.15) is 0 Å². The van der Waals surface area contributed by atoms with Crippen LogP contribution in [0.5, 0.6) is 0 Å². The van der Waals surface area contributed by atoms with E-state index in [-0.39, 0.29) is 17.3 Å². The van der Waals surface area contributed by atoms with E-state index < -0.39 is 16.2 Å². The highest BCUT2D eigenvalue weighted by atomic mass is 16.2. The van der Waals surface area contributed by atoms with E-state index in [9.17, 15) is 14.4 Å². The second-order valence-electron chi connectivity index (χ2n) is 5.86. The van der Waals surface area contributed by atoms with Crippen molar-refractivity contribution in [1.82, 2.24) is 0 Å². The van der Waals surface area contributed by atoms with Gasteiger partial charge in [0.1, 0.15) is 0 Å². The summed E-state index contributed by atoms with van der Waals surface area (Å²) in [6, 6.07) is 0. The molecule has 0 atom stereocenters. The molecule has 0 bridgehead atoms. The van der Waals surface area contributed by atoms with Crippen molar-refractivity contribution in [3.63, 3.8) is 0 Å². The van der Waals surface area contributed by atoms with Gasteiger partial charge in [-0.3, -0.25) is 14.4 Å². The van der Waals surface area contributed by atoms with E-state index in [1.54, 1.807) is 41.5 Å². The Bertz CT molecular complexity index is 278. The Kier molecular flexibility index (Phi) is 2.23. The summed E-state index contributed by atoms with van der Waals surface area (Å²) in [7, 11) is 0. The smallest absolute Gasteiger partial charge is 0.158 e. The summed E-state index contributed by atoms with van der Waals surface area (Å²) in [6.07, 6.45) is 0. The zero-order valence-corrected chi connectivity index (χ0v) is 10.2. The lowest BCUT2D eigenvalue weighted by molar-refractivity contribution is -0.165. The fourth-order valence-corrected chi connectivity index (χ4v) is 2.65. The number of carbonyl (C=O) groups excluding carboxylic acids is 3. The Morgan fingerprint density at radius 3 is 0.800 bits per heavy atom. The first-order valence-electron chi connectivity index (χ1n) is 5.11. The molecule has 1 aliphatic carbocycles. The molecule has 0 unspecified atom stereocenters. The molecule has 0 amide bonds. The monoisotopic (exact) mass is 210 g/mol. The molecule has 15 heavy (non-hydrogen) atoms. The van der Waals surface area contributed by atoms with Crippen molar-refractivity contribution >= 4 is 17.3 Å². The molecule has 3 nitrogen and oxygen atoms in total. The van der Waals surface area contributed by atoms with Gasteiger partial charge in [0, 0.05) is 0 Å². The van der Waals surface area contributed by atoms with Crippen molar-refractivity contribution in [2.24, 2.45) is 16.2 Å². The van der Waals surface area contributed by atoms with Crippen LogP contribution in [0.15, 0.2) is 0 Å². The van der Waals surface area contributed by atoms with E-state index in [0.717, 1.165) is 0 Å². The lowest BCUT2D eigenvalue weighted by Gasteiger charge is -2.44. The molecule has 1 fully saturated rings. The third-order valence-corrected chi connectivity index (χ3v) is 3.41. The topological polar surface area (TPSA) is 51.2 Å². The van der Waals surface area contributed by atoms with Crippen molar-refractivity contribution in [1.29, 1.82) is 0 Å². The number of carbonyl (C=O) groups is 3. The third kappa shape index (κ3) is 1.29. The second kappa shape index (κ2) is 2.77. The van der Waals surface area contributed by atoms with Crippen molar-refractivity contribution in [2.75, 3.05) is 0 Å². The molecule has 3 heteroatoms. The molecule has 1 saturated carbocycles. The summed E-state index contributed by atoms with van der Waals surface area (Å²) in [5.74, 6) is -0.821.